The minimum absolute atomic E-state index is 0.192. The average Bonchev–Trinajstić information content (AvgIpc) is 3.03. The fraction of sp³-hybridized carbons (Fsp3) is 0.333. The Balaban J connectivity index is 1.90. The summed E-state index contributed by atoms with van der Waals surface area (Å²) in [5.74, 6) is 1.54. The van der Waals surface area contributed by atoms with Crippen molar-refractivity contribution in [1.82, 2.24) is 19.7 Å². The van der Waals surface area contributed by atoms with Gasteiger partial charge in [-0.15, -0.1) is 10.2 Å². The quantitative estimate of drug-likeness (QED) is 0.556. The van der Waals surface area contributed by atoms with E-state index in [4.69, 9.17) is 0 Å². The number of hydrogen-bond acceptors (Lipinski definition) is 4. The van der Waals surface area contributed by atoms with Crippen molar-refractivity contribution in [2.45, 2.75) is 33.0 Å². The molecule has 0 N–H and O–H groups in total. The van der Waals surface area contributed by atoms with Crippen molar-refractivity contribution >= 4 is 15.9 Å². The molecule has 0 fully saturated rings. The lowest BCUT2D eigenvalue weighted by Crippen LogP contribution is -2.24. The molecule has 3 aromatic rings. The van der Waals surface area contributed by atoms with E-state index in [1.807, 2.05) is 48.5 Å². The van der Waals surface area contributed by atoms with Crippen LogP contribution >= 0.6 is 15.9 Å². The van der Waals surface area contributed by atoms with Crippen LogP contribution in [0.4, 0.5) is 0 Å². The topological polar surface area (TPSA) is 54.0 Å². The molecule has 2 heterocycles. The Hall–Kier alpha value is -2.38. The second kappa shape index (κ2) is 7.93. The molecule has 1 aliphatic heterocycles. The monoisotopic (exact) mass is 440 g/mol. The summed E-state index contributed by atoms with van der Waals surface area (Å²) in [4.78, 5) is 15.5. The summed E-state index contributed by atoms with van der Waals surface area (Å²) in [6.07, 6.45) is 0. The second-order valence-corrected chi connectivity index (χ2v) is 7.84. The van der Waals surface area contributed by atoms with Gasteiger partial charge >= 0.3 is 0 Å². The number of fused-ring (bicyclic) bond motifs is 3. The molecule has 0 amide bonds. The normalized spacial score (nSPS) is 16.0. The van der Waals surface area contributed by atoms with E-state index in [0.717, 1.165) is 45.0 Å². The first-order valence-corrected chi connectivity index (χ1v) is 10.4. The number of halogens is 1. The summed E-state index contributed by atoms with van der Waals surface area (Å²) >= 11 is 3.58. The average molecular weight is 441 g/mol. The number of hydrogen-bond donors (Lipinski definition) is 0. The minimum atomic E-state index is -0.392. The molecule has 1 aromatic heterocycles. The number of nitroso groups, excluding NO2 is 1. The van der Waals surface area contributed by atoms with Crippen LogP contribution in [0.3, 0.4) is 0 Å². The molecule has 0 radical (unpaired) electrons. The van der Waals surface area contributed by atoms with E-state index in [-0.39, 0.29) is 6.54 Å². The molecule has 1 aliphatic rings. The molecule has 7 heteroatoms. The van der Waals surface area contributed by atoms with Gasteiger partial charge in [-0.3, -0.25) is 9.47 Å². The number of rotatable bonds is 5. The fourth-order valence-electron chi connectivity index (χ4n) is 3.80. The van der Waals surface area contributed by atoms with Gasteiger partial charge in [-0.05, 0) is 31.3 Å². The largest absolute Gasteiger partial charge is 0.296 e. The highest BCUT2D eigenvalue weighted by Crippen LogP contribution is 2.36. The van der Waals surface area contributed by atoms with Gasteiger partial charge in [0.1, 0.15) is 0 Å². The van der Waals surface area contributed by atoms with E-state index >= 15 is 0 Å². The highest BCUT2D eigenvalue weighted by molar-refractivity contribution is 9.10. The van der Waals surface area contributed by atoms with Gasteiger partial charge in [0.15, 0.2) is 5.82 Å². The Labute approximate surface area is 172 Å². The lowest BCUT2D eigenvalue weighted by atomic mass is 9.97. The maximum atomic E-state index is 13.2. The standard InChI is InChI=1S/C21H23BrN5O/c1-3-25(4-2)13-19-23-24-20-14-26(28)21(15-8-6-5-7-9-15)17-12-16(22)10-11-18(17)27(19)20/h5-12,21H,3-4,13-14H2,1-2H3/q+1. The van der Waals surface area contributed by atoms with Crippen LogP contribution in [0.1, 0.15) is 42.7 Å². The van der Waals surface area contributed by atoms with Crippen molar-refractivity contribution in [2.75, 3.05) is 13.1 Å². The first kappa shape index (κ1) is 19.0. The minimum Gasteiger partial charge on any atom is -0.296 e. The predicted octanol–water partition coefficient (Wildman–Crippen LogP) is 4.25. The summed E-state index contributed by atoms with van der Waals surface area (Å²) in [6, 6.07) is 15.6. The van der Waals surface area contributed by atoms with Crippen LogP contribution < -0.4 is 0 Å². The van der Waals surface area contributed by atoms with Gasteiger partial charge in [0.05, 0.1) is 17.8 Å². The fourth-order valence-corrected chi connectivity index (χ4v) is 4.18. The third kappa shape index (κ3) is 3.40. The van der Waals surface area contributed by atoms with E-state index < -0.39 is 6.04 Å². The first-order chi connectivity index (χ1) is 13.6. The Kier molecular flexibility index (Phi) is 5.37. The Morgan fingerprint density at radius 2 is 1.89 bits per heavy atom. The molecule has 6 nitrogen and oxygen atoms in total. The number of aromatic nitrogens is 3. The molecule has 0 saturated carbocycles. The molecule has 144 valence electrons. The maximum Gasteiger partial charge on any atom is 0.253 e. The zero-order valence-electron chi connectivity index (χ0n) is 16.0. The van der Waals surface area contributed by atoms with Gasteiger partial charge in [-0.2, -0.15) is 0 Å². The van der Waals surface area contributed by atoms with Crippen LogP contribution in [0, 0.1) is 4.91 Å². The van der Waals surface area contributed by atoms with E-state index in [2.05, 4.69) is 49.4 Å². The third-order valence-corrected chi connectivity index (χ3v) is 5.78. The van der Waals surface area contributed by atoms with E-state index in [0.29, 0.717) is 12.4 Å². The summed E-state index contributed by atoms with van der Waals surface area (Å²) in [6.45, 7) is 7.04. The van der Waals surface area contributed by atoms with Crippen LogP contribution in [0.15, 0.2) is 53.0 Å². The van der Waals surface area contributed by atoms with Crippen molar-refractivity contribution in [3.05, 3.63) is 80.7 Å². The molecule has 0 saturated heterocycles. The molecule has 0 bridgehead atoms. The van der Waals surface area contributed by atoms with Gasteiger partial charge in [-0.1, -0.05) is 60.1 Å². The molecule has 4 rings (SSSR count). The van der Waals surface area contributed by atoms with Gasteiger partial charge in [0.2, 0.25) is 5.82 Å². The van der Waals surface area contributed by atoms with Crippen molar-refractivity contribution in [2.24, 2.45) is 0 Å². The maximum absolute atomic E-state index is 13.2. The Morgan fingerprint density at radius 3 is 2.61 bits per heavy atom. The number of nitrogens with zero attached hydrogens (tertiary/aromatic N) is 5. The van der Waals surface area contributed by atoms with Gasteiger partial charge in [-0.25, -0.2) is 0 Å². The zero-order chi connectivity index (χ0) is 19.7. The lowest BCUT2D eigenvalue weighted by Gasteiger charge is -2.19. The molecular formula is C21H23BrN5O+. The SMILES string of the molecule is CCN(CC)Cc1nnc2n1-c1ccc(Br)cc1C(c1ccccc1)[N+](=O)C2. The molecule has 0 spiro atoms. The summed E-state index contributed by atoms with van der Waals surface area (Å²) in [5.41, 5.74) is 2.90. The Morgan fingerprint density at radius 1 is 1.14 bits per heavy atom. The van der Waals surface area contributed by atoms with Crippen LogP contribution in [-0.4, -0.2) is 37.5 Å². The van der Waals surface area contributed by atoms with Gasteiger partial charge in [0, 0.05) is 19.7 Å². The van der Waals surface area contributed by atoms with E-state index in [1.165, 1.54) is 0 Å². The third-order valence-electron chi connectivity index (χ3n) is 5.28. The lowest BCUT2D eigenvalue weighted by molar-refractivity contribution is -0.598. The zero-order valence-corrected chi connectivity index (χ0v) is 17.6. The van der Waals surface area contributed by atoms with Crippen molar-refractivity contribution in [3.63, 3.8) is 0 Å². The molecule has 2 aromatic carbocycles. The Bertz CT molecular complexity index is 997. The van der Waals surface area contributed by atoms with Gasteiger partial charge < -0.3 is 0 Å². The summed E-state index contributed by atoms with van der Waals surface area (Å²) in [7, 11) is 0. The van der Waals surface area contributed by atoms with Crippen LogP contribution in [0.25, 0.3) is 5.69 Å². The second-order valence-electron chi connectivity index (χ2n) is 6.92. The van der Waals surface area contributed by atoms with Crippen molar-refractivity contribution < 1.29 is 4.76 Å². The number of benzene rings is 2. The molecular weight excluding hydrogens is 418 g/mol. The van der Waals surface area contributed by atoms with Crippen LogP contribution in [-0.2, 0) is 13.1 Å². The highest BCUT2D eigenvalue weighted by atomic mass is 79.9. The van der Waals surface area contributed by atoms with E-state index in [9.17, 15) is 4.91 Å². The van der Waals surface area contributed by atoms with Crippen molar-refractivity contribution in [3.8, 4) is 5.69 Å². The van der Waals surface area contributed by atoms with Crippen LogP contribution in [0.5, 0.6) is 0 Å². The molecule has 0 aliphatic carbocycles. The molecule has 1 atom stereocenters. The smallest absolute Gasteiger partial charge is 0.253 e. The first-order valence-electron chi connectivity index (χ1n) is 9.56. The van der Waals surface area contributed by atoms with E-state index in [1.54, 1.807) is 0 Å². The predicted molar refractivity (Wildman–Crippen MR) is 111 cm³/mol. The van der Waals surface area contributed by atoms with Crippen LogP contribution in [0.2, 0.25) is 0 Å². The molecule has 28 heavy (non-hydrogen) atoms. The summed E-state index contributed by atoms with van der Waals surface area (Å²) < 4.78 is 4.12. The molecule has 1 unspecified atom stereocenters. The summed E-state index contributed by atoms with van der Waals surface area (Å²) in [5, 5.41) is 8.79. The highest BCUT2D eigenvalue weighted by Gasteiger charge is 2.38. The van der Waals surface area contributed by atoms with Gasteiger partial charge in [0.25, 0.3) is 12.6 Å². The van der Waals surface area contributed by atoms with Crippen molar-refractivity contribution in [1.29, 1.82) is 0 Å².